The van der Waals surface area contributed by atoms with Crippen LogP contribution in [-0.2, 0) is 14.8 Å². The number of anilines is 1. The highest BCUT2D eigenvalue weighted by atomic mass is 32.2. The van der Waals surface area contributed by atoms with Gasteiger partial charge in [-0.2, -0.15) is 0 Å². The molecule has 9 nitrogen and oxygen atoms in total. The predicted octanol–water partition coefficient (Wildman–Crippen LogP) is 2.67. The van der Waals surface area contributed by atoms with E-state index >= 15 is 0 Å². The van der Waals surface area contributed by atoms with Crippen LogP contribution in [0, 0.1) is 10.1 Å². The summed E-state index contributed by atoms with van der Waals surface area (Å²) < 4.78 is 31.9. The van der Waals surface area contributed by atoms with E-state index in [1.807, 2.05) is 6.92 Å². The molecular formula is C16H16N2O7S. The maximum absolute atomic E-state index is 12.3. The predicted molar refractivity (Wildman–Crippen MR) is 92.6 cm³/mol. The van der Waals surface area contributed by atoms with Gasteiger partial charge in [0.1, 0.15) is 0 Å². The SMILES string of the molecule is CCCOC(=O)c1ccc(NS(=O)(=O)c2ccc(O)c([N+](=O)[O-])c2)cc1. The fraction of sp³-hybridized carbons (Fsp3) is 0.188. The average Bonchev–Trinajstić information content (AvgIpc) is 2.59. The summed E-state index contributed by atoms with van der Waals surface area (Å²) in [6, 6.07) is 8.27. The number of aromatic hydroxyl groups is 1. The van der Waals surface area contributed by atoms with Gasteiger partial charge in [0.25, 0.3) is 10.0 Å². The van der Waals surface area contributed by atoms with E-state index < -0.39 is 32.4 Å². The van der Waals surface area contributed by atoms with Crippen LogP contribution in [0.2, 0.25) is 0 Å². The molecule has 10 heteroatoms. The van der Waals surface area contributed by atoms with Crippen LogP contribution < -0.4 is 4.72 Å². The number of nitro groups is 1. The van der Waals surface area contributed by atoms with Gasteiger partial charge in [-0.1, -0.05) is 6.92 Å². The number of nitrogens with one attached hydrogen (secondary N) is 1. The molecule has 0 amide bonds. The summed E-state index contributed by atoms with van der Waals surface area (Å²) in [7, 11) is -4.12. The van der Waals surface area contributed by atoms with Gasteiger partial charge in [-0.3, -0.25) is 14.8 Å². The Morgan fingerprint density at radius 1 is 1.23 bits per heavy atom. The number of phenols is 1. The third-order valence-electron chi connectivity index (χ3n) is 3.26. The number of carbonyl (C=O) groups excluding carboxylic acids is 1. The van der Waals surface area contributed by atoms with Gasteiger partial charge in [-0.15, -0.1) is 0 Å². The minimum absolute atomic E-state index is 0.160. The summed E-state index contributed by atoms with van der Waals surface area (Å²) in [6.07, 6.45) is 0.683. The Bertz CT molecular complexity index is 924. The highest BCUT2D eigenvalue weighted by molar-refractivity contribution is 7.92. The zero-order valence-corrected chi connectivity index (χ0v) is 14.5. The van der Waals surface area contributed by atoms with E-state index in [2.05, 4.69) is 4.72 Å². The molecule has 0 radical (unpaired) electrons. The van der Waals surface area contributed by atoms with Crippen molar-refractivity contribution in [3.05, 3.63) is 58.1 Å². The minimum atomic E-state index is -4.12. The lowest BCUT2D eigenvalue weighted by Gasteiger charge is -2.09. The van der Waals surface area contributed by atoms with Crippen LogP contribution in [0.1, 0.15) is 23.7 Å². The Kier molecular flexibility index (Phi) is 5.78. The van der Waals surface area contributed by atoms with Crippen molar-refractivity contribution in [1.82, 2.24) is 0 Å². The highest BCUT2D eigenvalue weighted by Crippen LogP contribution is 2.29. The molecular weight excluding hydrogens is 364 g/mol. The van der Waals surface area contributed by atoms with Crippen molar-refractivity contribution in [2.75, 3.05) is 11.3 Å². The Balaban J connectivity index is 2.20. The zero-order valence-electron chi connectivity index (χ0n) is 13.7. The number of carbonyl (C=O) groups is 1. The summed E-state index contributed by atoms with van der Waals surface area (Å²) >= 11 is 0. The average molecular weight is 380 g/mol. The molecule has 2 aromatic rings. The third kappa shape index (κ3) is 4.48. The Morgan fingerprint density at radius 3 is 2.46 bits per heavy atom. The van der Waals surface area contributed by atoms with Crippen LogP contribution in [0.25, 0.3) is 0 Å². The molecule has 0 saturated carbocycles. The number of hydrogen-bond donors (Lipinski definition) is 2. The van der Waals surface area contributed by atoms with Gasteiger partial charge < -0.3 is 9.84 Å². The molecule has 2 N–H and O–H groups in total. The van der Waals surface area contributed by atoms with Crippen molar-refractivity contribution in [3.8, 4) is 5.75 Å². The normalized spacial score (nSPS) is 11.0. The number of esters is 1. The molecule has 0 bridgehead atoms. The molecule has 2 rings (SSSR count). The number of rotatable bonds is 7. The number of nitrogens with zero attached hydrogens (tertiary/aromatic N) is 1. The third-order valence-corrected chi connectivity index (χ3v) is 4.64. The number of ether oxygens (including phenoxy) is 1. The fourth-order valence-corrected chi connectivity index (χ4v) is 3.06. The minimum Gasteiger partial charge on any atom is -0.502 e. The lowest BCUT2D eigenvalue weighted by atomic mass is 10.2. The van der Waals surface area contributed by atoms with Crippen molar-refractivity contribution in [3.63, 3.8) is 0 Å². The van der Waals surface area contributed by atoms with Gasteiger partial charge in [0.05, 0.1) is 22.0 Å². The monoisotopic (exact) mass is 380 g/mol. The van der Waals surface area contributed by atoms with Crippen molar-refractivity contribution < 1.29 is 28.0 Å². The van der Waals surface area contributed by atoms with Gasteiger partial charge in [0.15, 0.2) is 5.75 Å². The number of hydrogen-bond acceptors (Lipinski definition) is 7. The fourth-order valence-electron chi connectivity index (χ4n) is 1.98. The molecule has 0 unspecified atom stereocenters. The van der Waals surface area contributed by atoms with Gasteiger partial charge in [0, 0.05) is 11.8 Å². The van der Waals surface area contributed by atoms with Crippen molar-refractivity contribution in [1.29, 1.82) is 0 Å². The second-order valence-corrected chi connectivity index (χ2v) is 6.91. The number of nitro benzene ring substituents is 1. The van der Waals surface area contributed by atoms with Crippen molar-refractivity contribution >= 4 is 27.4 Å². The smallest absolute Gasteiger partial charge is 0.338 e. The summed E-state index contributed by atoms with van der Waals surface area (Å²) in [4.78, 5) is 21.3. The van der Waals surface area contributed by atoms with E-state index in [-0.39, 0.29) is 22.8 Å². The first-order valence-electron chi connectivity index (χ1n) is 7.52. The lowest BCUT2D eigenvalue weighted by Crippen LogP contribution is -2.13. The first-order chi connectivity index (χ1) is 12.2. The molecule has 0 fully saturated rings. The van der Waals surface area contributed by atoms with Crippen LogP contribution in [-0.4, -0.2) is 31.0 Å². The molecule has 0 aromatic heterocycles. The first kappa shape index (κ1) is 19.2. The quantitative estimate of drug-likeness (QED) is 0.428. The van der Waals surface area contributed by atoms with Gasteiger partial charge in [0.2, 0.25) is 0 Å². The van der Waals surface area contributed by atoms with Gasteiger partial charge >= 0.3 is 11.7 Å². The van der Waals surface area contributed by atoms with E-state index in [0.717, 1.165) is 18.2 Å². The van der Waals surface area contributed by atoms with Crippen LogP contribution in [0.4, 0.5) is 11.4 Å². The molecule has 0 atom stereocenters. The van der Waals surface area contributed by atoms with Crippen LogP contribution >= 0.6 is 0 Å². The molecule has 138 valence electrons. The first-order valence-corrected chi connectivity index (χ1v) is 9.00. The summed E-state index contributed by atoms with van der Waals surface area (Å²) in [5.41, 5.74) is -0.295. The van der Waals surface area contributed by atoms with E-state index in [9.17, 15) is 28.4 Å². The largest absolute Gasteiger partial charge is 0.502 e. The maximum Gasteiger partial charge on any atom is 0.338 e. The summed E-state index contributed by atoms with van der Waals surface area (Å²) in [5, 5.41) is 20.2. The highest BCUT2D eigenvalue weighted by Gasteiger charge is 2.21. The second kappa shape index (κ2) is 7.83. The Labute approximate surface area is 149 Å². The molecule has 26 heavy (non-hydrogen) atoms. The lowest BCUT2D eigenvalue weighted by molar-refractivity contribution is -0.386. The van der Waals surface area contributed by atoms with Crippen LogP contribution in [0.15, 0.2) is 47.4 Å². The summed E-state index contributed by atoms with van der Waals surface area (Å²) in [5.74, 6) is -1.15. The van der Waals surface area contributed by atoms with E-state index in [1.54, 1.807) is 0 Å². The second-order valence-electron chi connectivity index (χ2n) is 5.23. The molecule has 0 aliphatic rings. The Morgan fingerprint density at radius 2 is 1.88 bits per heavy atom. The standard InChI is InChI=1S/C16H16N2O7S/c1-2-9-25-16(20)11-3-5-12(6-4-11)17-26(23,24)13-7-8-15(19)14(10-13)18(21)22/h3-8,10,17,19H,2,9H2,1H3. The van der Waals surface area contributed by atoms with E-state index in [1.165, 1.54) is 24.3 Å². The zero-order chi connectivity index (χ0) is 19.3. The number of sulfonamides is 1. The Hall–Kier alpha value is -3.14. The summed E-state index contributed by atoms with van der Waals surface area (Å²) in [6.45, 7) is 2.14. The molecule has 0 spiro atoms. The molecule has 0 aliphatic heterocycles. The van der Waals surface area contributed by atoms with E-state index in [0.29, 0.717) is 6.42 Å². The molecule has 2 aromatic carbocycles. The molecule has 0 saturated heterocycles. The van der Waals surface area contributed by atoms with E-state index in [4.69, 9.17) is 4.74 Å². The van der Waals surface area contributed by atoms with Crippen LogP contribution in [0.5, 0.6) is 5.75 Å². The van der Waals surface area contributed by atoms with Gasteiger partial charge in [-0.05, 0) is 42.8 Å². The number of benzene rings is 2. The van der Waals surface area contributed by atoms with Gasteiger partial charge in [-0.25, -0.2) is 13.2 Å². The van der Waals surface area contributed by atoms with Crippen LogP contribution in [0.3, 0.4) is 0 Å². The molecule has 0 heterocycles. The molecule has 0 aliphatic carbocycles. The number of phenolic OH excluding ortho intramolecular Hbond substituents is 1. The van der Waals surface area contributed by atoms with Crippen molar-refractivity contribution in [2.24, 2.45) is 0 Å². The maximum atomic E-state index is 12.3. The van der Waals surface area contributed by atoms with Crippen molar-refractivity contribution in [2.45, 2.75) is 18.2 Å². The topological polar surface area (TPSA) is 136 Å².